The standard InChI is InChI=1S/C14H20ClN3O3S/c1-22(20,21)18-7-6-17(9-12(10-18)14(16)19)8-11-4-2-3-5-13(11)15/h2-5,12H,6-10H2,1H3,(H2,16,19)/t12-/m0/s1. The number of amides is 1. The summed E-state index contributed by atoms with van der Waals surface area (Å²) in [6.45, 7) is 1.98. The van der Waals surface area contributed by atoms with Crippen molar-refractivity contribution in [2.45, 2.75) is 6.54 Å². The number of nitrogens with two attached hydrogens (primary N) is 1. The van der Waals surface area contributed by atoms with E-state index in [1.165, 1.54) is 4.31 Å². The van der Waals surface area contributed by atoms with Crippen molar-refractivity contribution in [3.63, 3.8) is 0 Å². The van der Waals surface area contributed by atoms with Crippen molar-refractivity contribution in [1.82, 2.24) is 9.21 Å². The maximum absolute atomic E-state index is 11.8. The van der Waals surface area contributed by atoms with Gasteiger partial charge in [-0.05, 0) is 11.6 Å². The minimum Gasteiger partial charge on any atom is -0.369 e. The fourth-order valence-electron chi connectivity index (χ4n) is 2.54. The SMILES string of the molecule is CS(=O)(=O)N1CCN(Cc2ccccc2Cl)C[C@H](C(N)=O)C1. The lowest BCUT2D eigenvalue weighted by molar-refractivity contribution is -0.122. The molecule has 0 spiro atoms. The van der Waals surface area contributed by atoms with Gasteiger partial charge in [-0.1, -0.05) is 29.8 Å². The van der Waals surface area contributed by atoms with Gasteiger partial charge in [0.15, 0.2) is 0 Å². The van der Waals surface area contributed by atoms with Gasteiger partial charge in [-0.2, -0.15) is 0 Å². The van der Waals surface area contributed by atoms with Crippen molar-refractivity contribution in [3.05, 3.63) is 34.9 Å². The van der Waals surface area contributed by atoms with Gasteiger partial charge in [-0.25, -0.2) is 12.7 Å². The summed E-state index contributed by atoms with van der Waals surface area (Å²) in [5, 5.41) is 0.655. The first-order valence-electron chi connectivity index (χ1n) is 6.97. The van der Waals surface area contributed by atoms with Crippen LogP contribution in [0.3, 0.4) is 0 Å². The highest BCUT2D eigenvalue weighted by molar-refractivity contribution is 7.88. The van der Waals surface area contributed by atoms with Crippen molar-refractivity contribution in [2.75, 3.05) is 32.4 Å². The molecule has 1 aromatic rings. The summed E-state index contributed by atoms with van der Waals surface area (Å²) in [6, 6.07) is 7.48. The first-order chi connectivity index (χ1) is 10.3. The van der Waals surface area contributed by atoms with Crippen LogP contribution >= 0.6 is 11.6 Å². The summed E-state index contributed by atoms with van der Waals surface area (Å²) in [6.07, 6.45) is 1.15. The lowest BCUT2D eigenvalue weighted by atomic mass is 10.1. The van der Waals surface area contributed by atoms with Crippen LogP contribution in [0.15, 0.2) is 24.3 Å². The molecule has 2 rings (SSSR count). The molecule has 1 saturated heterocycles. The average molecular weight is 346 g/mol. The third kappa shape index (κ3) is 4.42. The van der Waals surface area contributed by atoms with Crippen LogP contribution in [-0.2, 0) is 21.4 Å². The molecule has 8 heteroatoms. The van der Waals surface area contributed by atoms with E-state index in [1.54, 1.807) is 0 Å². The van der Waals surface area contributed by atoms with Gasteiger partial charge < -0.3 is 5.73 Å². The van der Waals surface area contributed by atoms with E-state index in [9.17, 15) is 13.2 Å². The van der Waals surface area contributed by atoms with E-state index in [-0.39, 0.29) is 6.54 Å². The molecule has 122 valence electrons. The van der Waals surface area contributed by atoms with E-state index in [1.807, 2.05) is 29.2 Å². The average Bonchev–Trinajstić information content (AvgIpc) is 2.64. The number of benzene rings is 1. The fourth-order valence-corrected chi connectivity index (χ4v) is 3.60. The van der Waals surface area contributed by atoms with Gasteiger partial charge >= 0.3 is 0 Å². The maximum Gasteiger partial charge on any atom is 0.223 e. The van der Waals surface area contributed by atoms with Crippen LogP contribution in [0.2, 0.25) is 5.02 Å². The van der Waals surface area contributed by atoms with E-state index < -0.39 is 21.8 Å². The molecule has 1 aliphatic heterocycles. The molecule has 1 fully saturated rings. The van der Waals surface area contributed by atoms with Crippen molar-refractivity contribution in [3.8, 4) is 0 Å². The first-order valence-corrected chi connectivity index (χ1v) is 9.20. The second-order valence-electron chi connectivity index (χ2n) is 5.55. The molecule has 0 saturated carbocycles. The van der Waals surface area contributed by atoms with E-state index >= 15 is 0 Å². The number of carbonyl (C=O) groups is 1. The zero-order chi connectivity index (χ0) is 16.3. The number of hydrogen-bond acceptors (Lipinski definition) is 4. The fraction of sp³-hybridized carbons (Fsp3) is 0.500. The largest absolute Gasteiger partial charge is 0.369 e. The summed E-state index contributed by atoms with van der Waals surface area (Å²) in [5.41, 5.74) is 6.36. The lowest BCUT2D eigenvalue weighted by Crippen LogP contribution is -2.40. The molecular weight excluding hydrogens is 326 g/mol. The molecule has 0 radical (unpaired) electrons. The molecule has 2 N–H and O–H groups in total. The van der Waals surface area contributed by atoms with Gasteiger partial charge in [0.25, 0.3) is 0 Å². The molecule has 1 amide bonds. The molecule has 0 bridgehead atoms. The Labute approximate surface area is 135 Å². The van der Waals surface area contributed by atoms with Gasteiger partial charge in [0.05, 0.1) is 12.2 Å². The number of primary amides is 1. The molecule has 0 unspecified atom stereocenters. The Bertz CT molecular complexity index is 650. The molecule has 1 aliphatic rings. The molecule has 1 aromatic carbocycles. The second kappa shape index (κ2) is 6.95. The monoisotopic (exact) mass is 345 g/mol. The van der Waals surface area contributed by atoms with Crippen LogP contribution < -0.4 is 5.73 Å². The van der Waals surface area contributed by atoms with E-state index in [0.29, 0.717) is 31.2 Å². The Morgan fingerprint density at radius 2 is 2.00 bits per heavy atom. The normalized spacial score (nSPS) is 21.5. The van der Waals surface area contributed by atoms with Gasteiger partial charge in [0.2, 0.25) is 15.9 Å². The smallest absolute Gasteiger partial charge is 0.223 e. The van der Waals surface area contributed by atoms with Crippen molar-refractivity contribution >= 4 is 27.5 Å². The lowest BCUT2D eigenvalue weighted by Gasteiger charge is -2.22. The van der Waals surface area contributed by atoms with E-state index in [4.69, 9.17) is 17.3 Å². The van der Waals surface area contributed by atoms with Crippen LogP contribution in [0.25, 0.3) is 0 Å². The van der Waals surface area contributed by atoms with Gasteiger partial charge in [0, 0.05) is 37.7 Å². The zero-order valence-corrected chi connectivity index (χ0v) is 14.0. The number of hydrogen-bond donors (Lipinski definition) is 1. The molecule has 0 aliphatic carbocycles. The van der Waals surface area contributed by atoms with Crippen LogP contribution in [0, 0.1) is 5.92 Å². The van der Waals surface area contributed by atoms with Crippen LogP contribution in [0.1, 0.15) is 5.56 Å². The second-order valence-corrected chi connectivity index (χ2v) is 7.94. The van der Waals surface area contributed by atoms with Gasteiger partial charge in [-0.15, -0.1) is 0 Å². The zero-order valence-electron chi connectivity index (χ0n) is 12.4. The minimum absolute atomic E-state index is 0.132. The van der Waals surface area contributed by atoms with Crippen LogP contribution in [0.4, 0.5) is 0 Å². The Morgan fingerprint density at radius 3 is 2.59 bits per heavy atom. The summed E-state index contributed by atoms with van der Waals surface area (Å²) >= 11 is 6.16. The highest BCUT2D eigenvalue weighted by atomic mass is 35.5. The van der Waals surface area contributed by atoms with Gasteiger partial charge in [-0.3, -0.25) is 9.69 Å². The summed E-state index contributed by atoms with van der Waals surface area (Å²) in [4.78, 5) is 13.6. The Morgan fingerprint density at radius 1 is 1.32 bits per heavy atom. The molecular formula is C14H20ClN3O3S. The molecule has 6 nitrogen and oxygen atoms in total. The topological polar surface area (TPSA) is 83.7 Å². The highest BCUT2D eigenvalue weighted by Crippen LogP contribution is 2.19. The number of halogens is 1. The van der Waals surface area contributed by atoms with E-state index in [0.717, 1.165) is 11.8 Å². The number of rotatable bonds is 4. The molecule has 0 aromatic heterocycles. The number of sulfonamides is 1. The summed E-state index contributed by atoms with van der Waals surface area (Å²) in [5.74, 6) is -1.01. The molecule has 1 heterocycles. The Balaban J connectivity index is 2.16. The third-order valence-electron chi connectivity index (χ3n) is 3.79. The van der Waals surface area contributed by atoms with Crippen molar-refractivity contribution < 1.29 is 13.2 Å². The number of carbonyl (C=O) groups excluding carboxylic acids is 1. The summed E-state index contributed by atoms with van der Waals surface area (Å²) < 4.78 is 24.8. The minimum atomic E-state index is -3.35. The predicted molar refractivity (Wildman–Crippen MR) is 85.8 cm³/mol. The summed E-state index contributed by atoms with van der Waals surface area (Å²) in [7, 11) is -3.35. The molecule has 22 heavy (non-hydrogen) atoms. The van der Waals surface area contributed by atoms with Gasteiger partial charge in [0.1, 0.15) is 0 Å². The van der Waals surface area contributed by atoms with Crippen molar-refractivity contribution in [2.24, 2.45) is 11.7 Å². The quantitative estimate of drug-likeness (QED) is 0.862. The number of nitrogens with zero attached hydrogens (tertiary/aromatic N) is 2. The highest BCUT2D eigenvalue weighted by Gasteiger charge is 2.30. The van der Waals surface area contributed by atoms with E-state index in [2.05, 4.69) is 0 Å². The molecule has 1 atom stereocenters. The maximum atomic E-state index is 11.8. The third-order valence-corrected chi connectivity index (χ3v) is 5.43. The van der Waals surface area contributed by atoms with Crippen molar-refractivity contribution in [1.29, 1.82) is 0 Å². The first kappa shape index (κ1) is 17.2. The Kier molecular flexibility index (Phi) is 5.44. The van der Waals surface area contributed by atoms with Crippen LogP contribution in [0.5, 0.6) is 0 Å². The Hall–Kier alpha value is -1.15. The van der Waals surface area contributed by atoms with Crippen LogP contribution in [-0.4, -0.2) is 56.0 Å². The predicted octanol–water partition coefficient (Wildman–Crippen LogP) is 0.519.